The molecule has 2 N–H and O–H groups in total. The Morgan fingerprint density at radius 2 is 2.30 bits per heavy atom. The van der Waals surface area contributed by atoms with Crippen LogP contribution in [0.3, 0.4) is 0 Å². The van der Waals surface area contributed by atoms with Gasteiger partial charge < -0.3 is 19.7 Å². The molecule has 110 valence electrons. The zero-order valence-corrected chi connectivity index (χ0v) is 11.8. The molecule has 0 aromatic carbocycles. The SMILES string of the molecule is Cc1cc(C)c(C(=O)N2CCOCC(CO)C2)c(=O)[nH]1. The molecular formula is C14H20N2O4. The Kier molecular flexibility index (Phi) is 4.57. The average Bonchev–Trinajstić information content (AvgIpc) is 2.62. The molecular weight excluding hydrogens is 260 g/mol. The first-order valence-electron chi connectivity index (χ1n) is 6.71. The van der Waals surface area contributed by atoms with E-state index in [0.717, 1.165) is 5.69 Å². The topological polar surface area (TPSA) is 82.6 Å². The second kappa shape index (κ2) is 6.19. The average molecular weight is 280 g/mol. The van der Waals surface area contributed by atoms with Crippen molar-refractivity contribution in [2.45, 2.75) is 13.8 Å². The molecule has 1 aromatic rings. The molecule has 20 heavy (non-hydrogen) atoms. The highest BCUT2D eigenvalue weighted by Gasteiger charge is 2.25. The minimum absolute atomic E-state index is 0.0347. The van der Waals surface area contributed by atoms with Crippen LogP contribution >= 0.6 is 0 Å². The lowest BCUT2D eigenvalue weighted by Crippen LogP contribution is -2.39. The number of nitrogens with one attached hydrogen (secondary N) is 1. The van der Waals surface area contributed by atoms with Gasteiger partial charge in [0.1, 0.15) is 5.56 Å². The fourth-order valence-corrected chi connectivity index (χ4v) is 2.45. The largest absolute Gasteiger partial charge is 0.396 e. The van der Waals surface area contributed by atoms with Crippen LogP contribution in [0.5, 0.6) is 0 Å². The van der Waals surface area contributed by atoms with Gasteiger partial charge in [-0.1, -0.05) is 0 Å². The Labute approximate surface area is 117 Å². The maximum Gasteiger partial charge on any atom is 0.261 e. The van der Waals surface area contributed by atoms with Gasteiger partial charge in [-0.2, -0.15) is 0 Å². The summed E-state index contributed by atoms with van der Waals surface area (Å²) in [5.41, 5.74) is 1.21. The molecule has 0 saturated carbocycles. The van der Waals surface area contributed by atoms with E-state index in [1.165, 1.54) is 0 Å². The van der Waals surface area contributed by atoms with Crippen molar-refractivity contribution < 1.29 is 14.6 Å². The van der Waals surface area contributed by atoms with E-state index in [0.29, 0.717) is 31.9 Å². The van der Waals surface area contributed by atoms with Crippen molar-refractivity contribution >= 4 is 5.91 Å². The highest BCUT2D eigenvalue weighted by Crippen LogP contribution is 2.12. The standard InChI is InChI=1S/C14H20N2O4/c1-9-5-10(2)15-13(18)12(9)14(19)16-3-4-20-8-11(6-16)7-17/h5,11,17H,3-4,6-8H2,1-2H3,(H,15,18). The highest BCUT2D eigenvalue weighted by atomic mass is 16.5. The monoisotopic (exact) mass is 280 g/mol. The first-order valence-corrected chi connectivity index (χ1v) is 6.71. The zero-order valence-electron chi connectivity index (χ0n) is 11.8. The quantitative estimate of drug-likeness (QED) is 0.803. The van der Waals surface area contributed by atoms with Gasteiger partial charge in [0.05, 0.1) is 13.2 Å². The number of carbonyl (C=O) groups excluding carboxylic acids is 1. The second-order valence-corrected chi connectivity index (χ2v) is 5.21. The molecule has 2 rings (SSSR count). The van der Waals surface area contributed by atoms with Crippen molar-refractivity contribution in [2.24, 2.45) is 5.92 Å². The second-order valence-electron chi connectivity index (χ2n) is 5.21. The van der Waals surface area contributed by atoms with E-state index < -0.39 is 0 Å². The summed E-state index contributed by atoms with van der Waals surface area (Å²) >= 11 is 0. The van der Waals surface area contributed by atoms with Gasteiger partial charge >= 0.3 is 0 Å². The maximum absolute atomic E-state index is 12.5. The number of aryl methyl sites for hydroxylation is 2. The molecule has 1 fully saturated rings. The van der Waals surface area contributed by atoms with Gasteiger partial charge in [-0.05, 0) is 25.5 Å². The molecule has 1 amide bonds. The van der Waals surface area contributed by atoms with Crippen LogP contribution in [0.15, 0.2) is 10.9 Å². The number of pyridine rings is 1. The Morgan fingerprint density at radius 1 is 1.55 bits per heavy atom. The van der Waals surface area contributed by atoms with Crippen molar-refractivity contribution in [3.8, 4) is 0 Å². The van der Waals surface area contributed by atoms with Gasteiger partial charge in [0.15, 0.2) is 0 Å². The van der Waals surface area contributed by atoms with E-state index in [1.54, 1.807) is 24.8 Å². The van der Waals surface area contributed by atoms with Gasteiger partial charge in [-0.3, -0.25) is 9.59 Å². The third-order valence-corrected chi connectivity index (χ3v) is 3.46. The van der Waals surface area contributed by atoms with E-state index in [-0.39, 0.29) is 29.6 Å². The number of aliphatic hydroxyl groups excluding tert-OH is 1. The smallest absolute Gasteiger partial charge is 0.261 e. The molecule has 6 nitrogen and oxygen atoms in total. The molecule has 1 atom stereocenters. The molecule has 0 radical (unpaired) electrons. The highest BCUT2D eigenvalue weighted by molar-refractivity contribution is 5.95. The van der Waals surface area contributed by atoms with Gasteiger partial charge in [0, 0.05) is 31.3 Å². The first kappa shape index (κ1) is 14.7. The number of aromatic nitrogens is 1. The fraction of sp³-hybridized carbons (Fsp3) is 0.571. The zero-order chi connectivity index (χ0) is 14.7. The summed E-state index contributed by atoms with van der Waals surface area (Å²) in [5, 5.41) is 9.25. The number of aliphatic hydroxyl groups is 1. The van der Waals surface area contributed by atoms with E-state index in [4.69, 9.17) is 4.74 Å². The molecule has 1 unspecified atom stereocenters. The number of carbonyl (C=O) groups is 1. The summed E-state index contributed by atoms with van der Waals surface area (Å²) in [6, 6.07) is 1.78. The minimum atomic E-state index is -0.363. The Bertz CT molecular complexity index is 553. The van der Waals surface area contributed by atoms with E-state index in [1.807, 2.05) is 0 Å². The van der Waals surface area contributed by atoms with Gasteiger partial charge in [-0.15, -0.1) is 0 Å². The maximum atomic E-state index is 12.5. The van der Waals surface area contributed by atoms with Crippen LogP contribution < -0.4 is 5.56 Å². The molecule has 1 aromatic heterocycles. The number of hydrogen-bond acceptors (Lipinski definition) is 4. The molecule has 0 spiro atoms. The number of rotatable bonds is 2. The van der Waals surface area contributed by atoms with Gasteiger partial charge in [0.25, 0.3) is 11.5 Å². The number of H-pyrrole nitrogens is 1. The third kappa shape index (κ3) is 3.08. The van der Waals surface area contributed by atoms with Crippen molar-refractivity contribution in [3.63, 3.8) is 0 Å². The number of aromatic amines is 1. The molecule has 1 aliphatic heterocycles. The van der Waals surface area contributed by atoms with Crippen LogP contribution in [-0.4, -0.2) is 53.8 Å². The van der Waals surface area contributed by atoms with Crippen LogP contribution in [0.4, 0.5) is 0 Å². The summed E-state index contributed by atoms with van der Waals surface area (Å²) in [5.74, 6) is -0.404. The van der Waals surface area contributed by atoms with Gasteiger partial charge in [0.2, 0.25) is 0 Å². The van der Waals surface area contributed by atoms with Crippen LogP contribution in [-0.2, 0) is 4.74 Å². The Morgan fingerprint density at radius 3 is 2.95 bits per heavy atom. The van der Waals surface area contributed by atoms with E-state index in [2.05, 4.69) is 4.98 Å². The summed E-state index contributed by atoms with van der Waals surface area (Å²) in [7, 11) is 0. The van der Waals surface area contributed by atoms with Crippen molar-refractivity contribution in [2.75, 3.05) is 32.9 Å². The normalized spacial score (nSPS) is 19.8. The molecule has 1 aliphatic rings. The van der Waals surface area contributed by atoms with Crippen LogP contribution in [0.1, 0.15) is 21.6 Å². The van der Waals surface area contributed by atoms with E-state index in [9.17, 15) is 14.7 Å². The third-order valence-electron chi connectivity index (χ3n) is 3.46. The number of hydrogen-bond donors (Lipinski definition) is 2. The van der Waals surface area contributed by atoms with E-state index >= 15 is 0 Å². The fourth-order valence-electron chi connectivity index (χ4n) is 2.45. The van der Waals surface area contributed by atoms with Crippen LogP contribution in [0, 0.1) is 19.8 Å². The summed E-state index contributed by atoms with van der Waals surface area (Å²) in [4.78, 5) is 28.8. The van der Waals surface area contributed by atoms with Crippen molar-refractivity contribution in [1.29, 1.82) is 0 Å². The first-order chi connectivity index (χ1) is 9.52. The number of ether oxygens (including phenoxy) is 1. The van der Waals surface area contributed by atoms with Crippen LogP contribution in [0.25, 0.3) is 0 Å². The molecule has 0 aliphatic carbocycles. The lowest BCUT2D eigenvalue weighted by atomic mass is 10.1. The number of nitrogens with zero attached hydrogens (tertiary/aromatic N) is 1. The minimum Gasteiger partial charge on any atom is -0.396 e. The van der Waals surface area contributed by atoms with Gasteiger partial charge in [-0.25, -0.2) is 0 Å². The van der Waals surface area contributed by atoms with Crippen LogP contribution in [0.2, 0.25) is 0 Å². The molecule has 2 heterocycles. The van der Waals surface area contributed by atoms with Crippen molar-refractivity contribution in [3.05, 3.63) is 33.2 Å². The summed E-state index contributed by atoms with van der Waals surface area (Å²) in [6.45, 7) is 5.20. The number of amides is 1. The molecule has 0 bridgehead atoms. The Hall–Kier alpha value is -1.66. The van der Waals surface area contributed by atoms with Crippen molar-refractivity contribution in [1.82, 2.24) is 9.88 Å². The predicted molar refractivity (Wildman–Crippen MR) is 73.8 cm³/mol. The summed E-state index contributed by atoms with van der Waals surface area (Å²) < 4.78 is 5.35. The predicted octanol–water partition coefficient (Wildman–Crippen LogP) is 0.0726. The Balaban J connectivity index is 2.28. The summed E-state index contributed by atoms with van der Waals surface area (Å²) in [6.07, 6.45) is 0. The molecule has 1 saturated heterocycles. The lowest BCUT2D eigenvalue weighted by Gasteiger charge is -2.23. The lowest BCUT2D eigenvalue weighted by molar-refractivity contribution is 0.0725. The molecule has 6 heteroatoms.